The summed E-state index contributed by atoms with van der Waals surface area (Å²) in [6.45, 7) is 2.38. The number of aryl methyl sites for hydroxylation is 1. The Kier molecular flexibility index (Phi) is 4.65. The predicted molar refractivity (Wildman–Crippen MR) is 93.0 cm³/mol. The molecule has 0 spiro atoms. The number of carbonyl (C=O) groups excluding carboxylic acids is 1. The molecule has 3 N–H and O–H groups in total. The molecular weight excluding hydrogens is 320 g/mol. The number of hydrogen-bond donors (Lipinski definition) is 2. The molecule has 2 aromatic heterocycles. The Morgan fingerprint density at radius 3 is 2.76 bits per heavy atom. The number of nitrogens with two attached hydrogens (primary N) is 1. The molecule has 3 aromatic rings. The van der Waals surface area contributed by atoms with E-state index < -0.39 is 0 Å². The molecule has 2 heterocycles. The normalized spacial score (nSPS) is 10.5. The highest BCUT2D eigenvalue weighted by Gasteiger charge is 2.22. The van der Waals surface area contributed by atoms with Gasteiger partial charge in [0, 0.05) is 24.4 Å². The van der Waals surface area contributed by atoms with Gasteiger partial charge < -0.3 is 20.3 Å². The Labute approximate surface area is 144 Å². The summed E-state index contributed by atoms with van der Waals surface area (Å²) in [5.74, 6) is 0.0756. The van der Waals surface area contributed by atoms with Gasteiger partial charge in [-0.05, 0) is 24.1 Å². The van der Waals surface area contributed by atoms with Crippen LogP contribution in [0.3, 0.4) is 0 Å². The number of nitrogen functional groups attached to an aromatic ring is 1. The number of pyridine rings is 1. The SMILES string of the molecule is COc1ccc(-c2noc(N)c2C(=O)NCc2ccccc2C)cn1. The summed E-state index contributed by atoms with van der Waals surface area (Å²) in [7, 11) is 1.53. The summed E-state index contributed by atoms with van der Waals surface area (Å²) >= 11 is 0. The molecule has 0 radical (unpaired) electrons. The average molecular weight is 338 g/mol. The fourth-order valence-corrected chi connectivity index (χ4v) is 2.43. The van der Waals surface area contributed by atoms with Crippen molar-refractivity contribution in [1.29, 1.82) is 0 Å². The zero-order valence-corrected chi connectivity index (χ0v) is 13.9. The zero-order chi connectivity index (χ0) is 17.8. The van der Waals surface area contributed by atoms with Crippen molar-refractivity contribution in [2.24, 2.45) is 0 Å². The molecule has 3 rings (SSSR count). The number of aromatic nitrogens is 2. The van der Waals surface area contributed by atoms with Crippen LogP contribution in [-0.4, -0.2) is 23.2 Å². The summed E-state index contributed by atoms with van der Waals surface area (Å²) in [4.78, 5) is 16.7. The standard InChI is InChI=1S/C18H18N4O3/c1-11-5-3-4-6-12(11)9-21-18(23)15-16(22-25-17(15)19)13-7-8-14(24-2)20-10-13/h3-8,10H,9,19H2,1-2H3,(H,21,23). The lowest BCUT2D eigenvalue weighted by Crippen LogP contribution is -2.24. The number of hydrogen-bond acceptors (Lipinski definition) is 6. The number of methoxy groups -OCH3 is 1. The lowest BCUT2D eigenvalue weighted by molar-refractivity contribution is 0.0952. The number of carbonyl (C=O) groups is 1. The van der Waals surface area contributed by atoms with Crippen molar-refractivity contribution < 1.29 is 14.1 Å². The van der Waals surface area contributed by atoms with E-state index in [0.717, 1.165) is 11.1 Å². The van der Waals surface area contributed by atoms with Gasteiger partial charge in [-0.2, -0.15) is 0 Å². The topological polar surface area (TPSA) is 103 Å². The number of nitrogens with one attached hydrogen (secondary N) is 1. The van der Waals surface area contributed by atoms with Gasteiger partial charge in [-0.3, -0.25) is 4.79 Å². The number of rotatable bonds is 5. The molecule has 0 aliphatic carbocycles. The van der Waals surface area contributed by atoms with Gasteiger partial charge in [0.05, 0.1) is 7.11 Å². The molecule has 1 aromatic carbocycles. The molecule has 0 atom stereocenters. The molecule has 0 saturated carbocycles. The molecule has 25 heavy (non-hydrogen) atoms. The molecule has 7 nitrogen and oxygen atoms in total. The van der Waals surface area contributed by atoms with Crippen LogP contribution >= 0.6 is 0 Å². The molecular formula is C18H18N4O3. The first-order valence-corrected chi connectivity index (χ1v) is 7.68. The molecule has 1 amide bonds. The van der Waals surface area contributed by atoms with Gasteiger partial charge in [-0.15, -0.1) is 0 Å². The maximum absolute atomic E-state index is 12.6. The second kappa shape index (κ2) is 7.04. The molecule has 0 aliphatic rings. The maximum Gasteiger partial charge on any atom is 0.259 e. The lowest BCUT2D eigenvalue weighted by atomic mass is 10.1. The van der Waals surface area contributed by atoms with Crippen LogP contribution in [0.1, 0.15) is 21.5 Å². The van der Waals surface area contributed by atoms with Crippen LogP contribution in [-0.2, 0) is 6.54 Å². The highest BCUT2D eigenvalue weighted by Crippen LogP contribution is 2.27. The van der Waals surface area contributed by atoms with E-state index >= 15 is 0 Å². The van der Waals surface area contributed by atoms with E-state index in [-0.39, 0.29) is 17.4 Å². The first-order chi connectivity index (χ1) is 12.1. The minimum absolute atomic E-state index is 0.0342. The molecule has 0 unspecified atom stereocenters. The van der Waals surface area contributed by atoms with Crippen molar-refractivity contribution >= 4 is 11.8 Å². The van der Waals surface area contributed by atoms with Crippen molar-refractivity contribution in [3.63, 3.8) is 0 Å². The second-order valence-electron chi connectivity index (χ2n) is 5.47. The van der Waals surface area contributed by atoms with E-state index in [2.05, 4.69) is 15.5 Å². The first-order valence-electron chi connectivity index (χ1n) is 7.68. The van der Waals surface area contributed by atoms with Gasteiger partial charge in [0.2, 0.25) is 11.8 Å². The number of anilines is 1. The van der Waals surface area contributed by atoms with Gasteiger partial charge in [0.25, 0.3) is 5.91 Å². The van der Waals surface area contributed by atoms with Gasteiger partial charge in [0.1, 0.15) is 11.3 Å². The van der Waals surface area contributed by atoms with Crippen molar-refractivity contribution in [2.75, 3.05) is 12.8 Å². The van der Waals surface area contributed by atoms with Crippen LogP contribution in [0.5, 0.6) is 5.88 Å². The summed E-state index contributed by atoms with van der Waals surface area (Å²) in [6.07, 6.45) is 1.55. The number of benzene rings is 1. The van der Waals surface area contributed by atoms with E-state index in [4.69, 9.17) is 15.0 Å². The molecule has 0 aliphatic heterocycles. The fourth-order valence-electron chi connectivity index (χ4n) is 2.43. The third-order valence-corrected chi connectivity index (χ3v) is 3.87. The second-order valence-corrected chi connectivity index (χ2v) is 5.47. The predicted octanol–water partition coefficient (Wildman–Crippen LogP) is 2.57. The quantitative estimate of drug-likeness (QED) is 0.741. The van der Waals surface area contributed by atoms with Crippen LogP contribution in [0.15, 0.2) is 47.1 Å². The average Bonchev–Trinajstić information content (AvgIpc) is 3.02. The minimum Gasteiger partial charge on any atom is -0.481 e. The van der Waals surface area contributed by atoms with Crippen LogP contribution in [0.25, 0.3) is 11.3 Å². The van der Waals surface area contributed by atoms with Crippen molar-refractivity contribution in [3.8, 4) is 17.1 Å². The largest absolute Gasteiger partial charge is 0.481 e. The summed E-state index contributed by atoms with van der Waals surface area (Å²) in [6, 6.07) is 11.2. The third kappa shape index (κ3) is 3.45. The fraction of sp³-hybridized carbons (Fsp3) is 0.167. The van der Waals surface area contributed by atoms with Crippen molar-refractivity contribution in [2.45, 2.75) is 13.5 Å². The van der Waals surface area contributed by atoms with E-state index in [1.54, 1.807) is 18.3 Å². The highest BCUT2D eigenvalue weighted by molar-refractivity contribution is 6.03. The van der Waals surface area contributed by atoms with Crippen LogP contribution in [0.4, 0.5) is 5.88 Å². The van der Waals surface area contributed by atoms with Gasteiger partial charge in [-0.25, -0.2) is 4.98 Å². The molecule has 0 saturated heterocycles. The van der Waals surface area contributed by atoms with E-state index in [1.807, 2.05) is 31.2 Å². The van der Waals surface area contributed by atoms with E-state index in [1.165, 1.54) is 7.11 Å². The van der Waals surface area contributed by atoms with Gasteiger partial charge in [-0.1, -0.05) is 29.4 Å². The Balaban J connectivity index is 1.83. The monoisotopic (exact) mass is 338 g/mol. The smallest absolute Gasteiger partial charge is 0.259 e. The summed E-state index contributed by atoms with van der Waals surface area (Å²) in [5.41, 5.74) is 9.07. The molecule has 0 fully saturated rings. The highest BCUT2D eigenvalue weighted by atomic mass is 16.5. The van der Waals surface area contributed by atoms with Crippen molar-refractivity contribution in [3.05, 3.63) is 59.3 Å². The number of ether oxygens (including phenoxy) is 1. The van der Waals surface area contributed by atoms with Crippen LogP contribution in [0, 0.1) is 6.92 Å². The lowest BCUT2D eigenvalue weighted by Gasteiger charge is -2.08. The van der Waals surface area contributed by atoms with Gasteiger partial charge >= 0.3 is 0 Å². The maximum atomic E-state index is 12.6. The van der Waals surface area contributed by atoms with Gasteiger partial charge in [0.15, 0.2) is 0 Å². The minimum atomic E-state index is -0.354. The van der Waals surface area contributed by atoms with Crippen LogP contribution < -0.4 is 15.8 Å². The molecule has 0 bridgehead atoms. The third-order valence-electron chi connectivity index (χ3n) is 3.87. The first kappa shape index (κ1) is 16.5. The Morgan fingerprint density at radius 1 is 1.28 bits per heavy atom. The van der Waals surface area contributed by atoms with E-state index in [0.29, 0.717) is 23.7 Å². The van der Waals surface area contributed by atoms with Crippen molar-refractivity contribution in [1.82, 2.24) is 15.5 Å². The Bertz CT molecular complexity index is 888. The zero-order valence-electron chi connectivity index (χ0n) is 13.9. The molecule has 128 valence electrons. The number of nitrogens with zero attached hydrogens (tertiary/aromatic N) is 2. The summed E-state index contributed by atoms with van der Waals surface area (Å²) < 4.78 is 10.0. The van der Waals surface area contributed by atoms with Crippen LogP contribution in [0.2, 0.25) is 0 Å². The Hall–Kier alpha value is -3.35. The number of amides is 1. The summed E-state index contributed by atoms with van der Waals surface area (Å²) in [5, 5.41) is 6.75. The molecule has 7 heteroatoms. The Morgan fingerprint density at radius 2 is 2.08 bits per heavy atom. The van der Waals surface area contributed by atoms with E-state index in [9.17, 15) is 4.79 Å².